The average molecular weight is 361 g/mol. The second-order valence-electron chi connectivity index (χ2n) is 6.88. The van der Waals surface area contributed by atoms with Crippen LogP contribution < -0.4 is 0 Å². The van der Waals surface area contributed by atoms with E-state index in [4.69, 9.17) is 4.74 Å². The lowest BCUT2D eigenvalue weighted by Crippen LogP contribution is -2.23. The first-order valence-corrected chi connectivity index (χ1v) is 9.59. The molecular formula is C23H36O3. The summed E-state index contributed by atoms with van der Waals surface area (Å²) in [4.78, 5) is 23.6. The van der Waals surface area contributed by atoms with E-state index >= 15 is 0 Å². The Hall–Kier alpha value is -1.90. The molecule has 3 nitrogen and oxygen atoms in total. The van der Waals surface area contributed by atoms with Gasteiger partial charge in [-0.1, -0.05) is 34.9 Å². The minimum absolute atomic E-state index is 0.0526. The first-order chi connectivity index (χ1) is 12.3. The van der Waals surface area contributed by atoms with Crippen molar-refractivity contribution < 1.29 is 14.3 Å². The summed E-state index contributed by atoms with van der Waals surface area (Å²) in [5.41, 5.74) is 3.79. The lowest BCUT2D eigenvalue weighted by Gasteiger charge is -2.09. The number of hydrogen-bond acceptors (Lipinski definition) is 3. The molecule has 0 spiro atoms. The van der Waals surface area contributed by atoms with Gasteiger partial charge in [-0.25, -0.2) is 0 Å². The van der Waals surface area contributed by atoms with E-state index < -0.39 is 11.9 Å². The van der Waals surface area contributed by atoms with Crippen molar-refractivity contribution in [2.45, 2.75) is 72.6 Å². The fourth-order valence-corrected chi connectivity index (χ4v) is 2.54. The molecule has 0 aliphatic rings. The standard InChI is InChI=1S/C23H36O3/c1-7-11-21(14-9-12-18(3)4)15-10-13-19(5)16-17-22(24)20(6)23(25)26-8-2/h7,13-14,20H,1,3,8-12,15-17H2,2,4-6H3/b19-13+,21-14+. The van der Waals surface area contributed by atoms with E-state index in [1.165, 1.54) is 16.7 Å². The van der Waals surface area contributed by atoms with Crippen LogP contribution in [0.1, 0.15) is 72.6 Å². The van der Waals surface area contributed by atoms with E-state index in [0.717, 1.165) is 32.1 Å². The van der Waals surface area contributed by atoms with Crippen LogP contribution in [0.15, 0.2) is 48.1 Å². The highest BCUT2D eigenvalue weighted by atomic mass is 16.5. The van der Waals surface area contributed by atoms with Crippen LogP contribution >= 0.6 is 0 Å². The molecule has 0 aromatic heterocycles. The largest absolute Gasteiger partial charge is 0.465 e. The van der Waals surface area contributed by atoms with Crippen LogP contribution in [0.25, 0.3) is 0 Å². The van der Waals surface area contributed by atoms with Gasteiger partial charge >= 0.3 is 5.97 Å². The average Bonchev–Trinajstić information content (AvgIpc) is 2.58. The molecule has 0 rings (SSSR count). The fourth-order valence-electron chi connectivity index (χ4n) is 2.54. The second-order valence-corrected chi connectivity index (χ2v) is 6.88. The zero-order valence-electron chi connectivity index (χ0n) is 17.1. The second kappa shape index (κ2) is 14.3. The molecule has 0 saturated carbocycles. The number of Topliss-reactive ketones (excluding diaryl/α,β-unsaturated/α-hetero) is 1. The number of ether oxygens (including phenoxy) is 1. The van der Waals surface area contributed by atoms with Gasteiger partial charge < -0.3 is 4.74 Å². The molecule has 1 unspecified atom stereocenters. The maximum atomic E-state index is 12.0. The van der Waals surface area contributed by atoms with Crippen LogP contribution in [0.5, 0.6) is 0 Å². The summed E-state index contributed by atoms with van der Waals surface area (Å²) in [5.74, 6) is -1.14. The number of carbonyl (C=O) groups excluding carboxylic acids is 2. The van der Waals surface area contributed by atoms with Gasteiger partial charge in [-0.2, -0.15) is 0 Å². The van der Waals surface area contributed by atoms with Crippen molar-refractivity contribution in [1.29, 1.82) is 0 Å². The molecule has 146 valence electrons. The van der Waals surface area contributed by atoms with Gasteiger partial charge in [0.1, 0.15) is 11.7 Å². The van der Waals surface area contributed by atoms with Crippen molar-refractivity contribution in [3.05, 3.63) is 48.1 Å². The van der Waals surface area contributed by atoms with Crippen molar-refractivity contribution in [2.75, 3.05) is 6.61 Å². The Labute approximate surface area is 159 Å². The molecule has 0 amide bonds. The van der Waals surface area contributed by atoms with Gasteiger partial charge in [0, 0.05) is 6.42 Å². The van der Waals surface area contributed by atoms with E-state index in [1.807, 2.05) is 13.0 Å². The van der Waals surface area contributed by atoms with E-state index in [-0.39, 0.29) is 5.78 Å². The highest BCUT2D eigenvalue weighted by Crippen LogP contribution is 2.17. The van der Waals surface area contributed by atoms with Gasteiger partial charge in [-0.15, -0.1) is 13.2 Å². The van der Waals surface area contributed by atoms with E-state index in [9.17, 15) is 9.59 Å². The van der Waals surface area contributed by atoms with E-state index in [1.54, 1.807) is 13.8 Å². The molecule has 3 heteroatoms. The summed E-state index contributed by atoms with van der Waals surface area (Å²) in [7, 11) is 0. The minimum atomic E-state index is -0.668. The minimum Gasteiger partial charge on any atom is -0.465 e. The Bertz CT molecular complexity index is 538. The Balaban J connectivity index is 4.36. The molecule has 0 aliphatic heterocycles. The predicted octanol–water partition coefficient (Wildman–Crippen LogP) is 6.12. The van der Waals surface area contributed by atoms with Crippen LogP contribution in [0, 0.1) is 5.92 Å². The molecule has 26 heavy (non-hydrogen) atoms. The molecule has 0 aliphatic carbocycles. The quantitative estimate of drug-likeness (QED) is 0.213. The van der Waals surface area contributed by atoms with E-state index in [0.29, 0.717) is 19.4 Å². The monoisotopic (exact) mass is 360 g/mol. The predicted molar refractivity (Wildman–Crippen MR) is 110 cm³/mol. The number of esters is 1. The normalized spacial score (nSPS) is 13.2. The fraction of sp³-hybridized carbons (Fsp3) is 0.565. The molecule has 0 fully saturated rings. The van der Waals surface area contributed by atoms with Crippen LogP contribution in [-0.2, 0) is 14.3 Å². The van der Waals surface area contributed by atoms with Gasteiger partial charge in [0.2, 0.25) is 0 Å². The summed E-state index contributed by atoms with van der Waals surface area (Å²) < 4.78 is 4.90. The van der Waals surface area contributed by atoms with Gasteiger partial charge in [0.25, 0.3) is 0 Å². The molecule has 0 aromatic carbocycles. The van der Waals surface area contributed by atoms with Crippen molar-refractivity contribution in [3.63, 3.8) is 0 Å². The lowest BCUT2D eigenvalue weighted by atomic mass is 9.98. The van der Waals surface area contributed by atoms with Crippen LogP contribution in [0.4, 0.5) is 0 Å². The van der Waals surface area contributed by atoms with Gasteiger partial charge in [0.05, 0.1) is 6.61 Å². The van der Waals surface area contributed by atoms with Gasteiger partial charge in [-0.3, -0.25) is 9.59 Å². The molecule has 0 bridgehead atoms. The third-order valence-corrected chi connectivity index (χ3v) is 4.26. The maximum absolute atomic E-state index is 12.0. The summed E-state index contributed by atoms with van der Waals surface area (Å²) >= 11 is 0. The first kappa shape index (κ1) is 24.1. The Morgan fingerprint density at radius 3 is 2.27 bits per heavy atom. The highest BCUT2D eigenvalue weighted by Gasteiger charge is 2.21. The summed E-state index contributed by atoms with van der Waals surface area (Å²) in [6, 6.07) is 0. The van der Waals surface area contributed by atoms with Gasteiger partial charge in [-0.05, 0) is 66.2 Å². The third-order valence-electron chi connectivity index (χ3n) is 4.26. The summed E-state index contributed by atoms with van der Waals surface area (Å²) in [6.45, 7) is 15.5. The number of hydrogen-bond donors (Lipinski definition) is 0. The Kier molecular flexibility index (Phi) is 13.2. The smallest absolute Gasteiger partial charge is 0.316 e. The van der Waals surface area contributed by atoms with E-state index in [2.05, 4.69) is 32.2 Å². The number of allylic oxidation sites excluding steroid dienone is 6. The first-order valence-electron chi connectivity index (χ1n) is 9.59. The summed E-state index contributed by atoms with van der Waals surface area (Å²) in [5, 5.41) is 0. The number of rotatable bonds is 14. The zero-order valence-corrected chi connectivity index (χ0v) is 17.1. The molecule has 0 N–H and O–H groups in total. The number of carbonyl (C=O) groups is 2. The lowest BCUT2D eigenvalue weighted by molar-refractivity contribution is -0.150. The number of ketones is 1. The van der Waals surface area contributed by atoms with Gasteiger partial charge in [0.15, 0.2) is 0 Å². The molecule has 0 radical (unpaired) electrons. The topological polar surface area (TPSA) is 43.4 Å². The van der Waals surface area contributed by atoms with Crippen LogP contribution in [0.2, 0.25) is 0 Å². The highest BCUT2D eigenvalue weighted by molar-refractivity contribution is 5.98. The SMILES string of the molecule is C=CC/C(=C\CCC(=C)C)CC/C=C(\C)CCC(=O)C(C)C(=O)OCC. The molecule has 0 aromatic rings. The zero-order chi connectivity index (χ0) is 19.9. The summed E-state index contributed by atoms with van der Waals surface area (Å²) in [6.07, 6.45) is 12.4. The molecular weight excluding hydrogens is 324 g/mol. The maximum Gasteiger partial charge on any atom is 0.316 e. The molecule has 1 atom stereocenters. The van der Waals surface area contributed by atoms with Crippen LogP contribution in [0.3, 0.4) is 0 Å². The van der Waals surface area contributed by atoms with Crippen molar-refractivity contribution in [1.82, 2.24) is 0 Å². The third kappa shape index (κ3) is 11.6. The Morgan fingerprint density at radius 1 is 1.04 bits per heavy atom. The Morgan fingerprint density at radius 2 is 1.69 bits per heavy atom. The molecule has 0 saturated heterocycles. The van der Waals surface area contributed by atoms with Crippen LogP contribution in [-0.4, -0.2) is 18.4 Å². The van der Waals surface area contributed by atoms with Crippen molar-refractivity contribution in [3.8, 4) is 0 Å². The van der Waals surface area contributed by atoms with Crippen molar-refractivity contribution in [2.24, 2.45) is 5.92 Å². The molecule has 0 heterocycles. The van der Waals surface area contributed by atoms with Crippen molar-refractivity contribution >= 4 is 11.8 Å².